The smallest absolute Gasteiger partial charge is 0.368 e. The van der Waals surface area contributed by atoms with Gasteiger partial charge in [-0.25, -0.2) is 4.57 Å². The van der Waals surface area contributed by atoms with Crippen molar-refractivity contribution in [2.45, 2.75) is 200 Å². The molecule has 0 spiro atoms. The molecule has 0 fully saturated rings. The van der Waals surface area contributed by atoms with Crippen LogP contribution < -0.4 is 5.32 Å². The number of rotatable bonds is 34. The predicted octanol–water partition coefficient (Wildman–Crippen LogP) is 13.6. The molecule has 252 valence electrons. The number of unbranched alkanes of at least 4 members (excludes halogenated alkanes) is 29. The van der Waals surface area contributed by atoms with Gasteiger partial charge in [-0.05, 0) is 18.6 Å². The average molecular weight is 622 g/mol. The predicted molar refractivity (Wildman–Crippen MR) is 190 cm³/mol. The molecule has 1 heterocycles. The molecule has 1 unspecified atom stereocenters. The highest BCUT2D eigenvalue weighted by molar-refractivity contribution is 7.33. The summed E-state index contributed by atoms with van der Waals surface area (Å²) in [6, 6.07) is 0. The molecule has 4 nitrogen and oxygen atoms in total. The van der Waals surface area contributed by atoms with Crippen LogP contribution in [0.3, 0.4) is 0 Å². The molecule has 0 saturated carbocycles. The fraction of sp³-hybridized carbons (Fsp3) is 0.842. The molecule has 0 aromatic rings. The highest BCUT2D eigenvalue weighted by Gasteiger charge is 2.04. The Balaban J connectivity index is 1.66. The molecule has 1 aliphatic heterocycles. The quantitative estimate of drug-likeness (QED) is 0.0573. The van der Waals surface area contributed by atoms with Crippen molar-refractivity contribution in [1.29, 1.82) is 0 Å². The van der Waals surface area contributed by atoms with Crippen LogP contribution >= 0.6 is 8.25 Å². The van der Waals surface area contributed by atoms with Crippen LogP contribution in [0.5, 0.6) is 0 Å². The normalized spacial score (nSPS) is 13.6. The number of nitrogens with one attached hydrogen (secondary N) is 1. The maximum Gasteiger partial charge on any atom is 0.368 e. The van der Waals surface area contributed by atoms with Crippen molar-refractivity contribution in [2.75, 3.05) is 6.61 Å². The maximum atomic E-state index is 11.9. The van der Waals surface area contributed by atoms with Crippen molar-refractivity contribution < 1.29 is 13.6 Å². The average Bonchev–Trinajstić information content (AvgIpc) is 3.28. The molecule has 5 heteroatoms. The summed E-state index contributed by atoms with van der Waals surface area (Å²) in [6.07, 6.45) is 51.3. The largest absolute Gasteiger partial charge is 0.410 e. The van der Waals surface area contributed by atoms with Crippen LogP contribution in [0.25, 0.3) is 0 Å². The van der Waals surface area contributed by atoms with E-state index in [4.69, 9.17) is 9.05 Å². The van der Waals surface area contributed by atoms with Gasteiger partial charge in [-0.15, -0.1) is 0 Å². The van der Waals surface area contributed by atoms with Gasteiger partial charge in [0.25, 0.3) is 0 Å². The summed E-state index contributed by atoms with van der Waals surface area (Å²) in [7, 11) is -2.48. The lowest BCUT2D eigenvalue weighted by atomic mass is 10.0. The molecule has 0 aromatic heterocycles. The second-order valence-electron chi connectivity index (χ2n) is 12.9. The third kappa shape index (κ3) is 30.8. The van der Waals surface area contributed by atoms with Gasteiger partial charge < -0.3 is 14.4 Å². The molecule has 1 aliphatic rings. The highest BCUT2D eigenvalue weighted by atomic mass is 31.1. The van der Waals surface area contributed by atoms with Crippen molar-refractivity contribution in [3.63, 3.8) is 0 Å². The lowest BCUT2D eigenvalue weighted by Crippen LogP contribution is -2.05. The Hall–Kier alpha value is -0.990. The van der Waals surface area contributed by atoms with Gasteiger partial charge in [0.15, 0.2) is 5.88 Å². The topological polar surface area (TPSA) is 47.6 Å². The Bertz CT molecular complexity index is 691. The highest BCUT2D eigenvalue weighted by Crippen LogP contribution is 2.27. The van der Waals surface area contributed by atoms with E-state index < -0.39 is 8.25 Å². The maximum absolute atomic E-state index is 11.9. The van der Waals surface area contributed by atoms with Crippen molar-refractivity contribution >= 4 is 8.25 Å². The van der Waals surface area contributed by atoms with E-state index in [1.54, 1.807) is 12.3 Å². The first-order chi connectivity index (χ1) is 21.3. The van der Waals surface area contributed by atoms with E-state index in [1.807, 2.05) is 18.2 Å². The van der Waals surface area contributed by atoms with Gasteiger partial charge in [-0.3, -0.25) is 0 Å². The Morgan fingerprint density at radius 2 is 0.837 bits per heavy atom. The van der Waals surface area contributed by atoms with E-state index in [1.165, 1.54) is 180 Å². The zero-order chi connectivity index (χ0) is 30.7. The van der Waals surface area contributed by atoms with E-state index in [-0.39, 0.29) is 0 Å². The monoisotopic (exact) mass is 622 g/mol. The van der Waals surface area contributed by atoms with Crippen molar-refractivity contribution in [3.05, 3.63) is 36.4 Å². The summed E-state index contributed by atoms with van der Waals surface area (Å²) in [5.41, 5.74) is 0. The Morgan fingerprint density at radius 1 is 0.488 bits per heavy atom. The first kappa shape index (κ1) is 40.0. The zero-order valence-corrected chi connectivity index (χ0v) is 29.5. The number of hydrogen-bond acceptors (Lipinski definition) is 4. The van der Waals surface area contributed by atoms with Crippen molar-refractivity contribution in [1.82, 2.24) is 5.32 Å². The minimum absolute atomic E-state index is 0.467. The van der Waals surface area contributed by atoms with Crippen LogP contribution in [0, 0.1) is 0 Å². The first-order valence-electron chi connectivity index (χ1n) is 19.0. The van der Waals surface area contributed by atoms with Crippen LogP contribution in [-0.4, -0.2) is 6.61 Å². The lowest BCUT2D eigenvalue weighted by molar-refractivity contribution is 0.249. The summed E-state index contributed by atoms with van der Waals surface area (Å²) in [5.74, 6) is 0.467. The van der Waals surface area contributed by atoms with E-state index in [9.17, 15) is 4.57 Å². The van der Waals surface area contributed by atoms with Crippen LogP contribution in [0.1, 0.15) is 200 Å². The molecule has 0 saturated heterocycles. The van der Waals surface area contributed by atoms with Crippen LogP contribution in [-0.2, 0) is 13.6 Å². The standard InChI is InChI=1S/C38H72NO3P/c1-2-3-4-5-6-7-8-9-10-11-12-13-14-15-16-17-18-19-20-21-22-23-24-25-26-27-28-29-30-34-37-41-43(40)42-38-35-32-31-33-36-39-38/h31-33,35-36,39,43H,2-30,34,37H2,1H3. The molecular formula is C38H72NO3P. The summed E-state index contributed by atoms with van der Waals surface area (Å²) in [4.78, 5) is 0. The van der Waals surface area contributed by atoms with Crippen molar-refractivity contribution in [3.8, 4) is 0 Å². The molecule has 0 aliphatic carbocycles. The van der Waals surface area contributed by atoms with Gasteiger partial charge in [-0.2, -0.15) is 0 Å². The Morgan fingerprint density at radius 3 is 1.21 bits per heavy atom. The van der Waals surface area contributed by atoms with Gasteiger partial charge >= 0.3 is 8.25 Å². The van der Waals surface area contributed by atoms with Crippen LogP contribution in [0.15, 0.2) is 36.4 Å². The molecule has 0 amide bonds. The SMILES string of the molecule is CCCCCCCCCCCCCCCCCCCCCCCCCCCCCCCCO[PH](=O)OC1=CC=CC=CN1. The molecule has 1 atom stereocenters. The van der Waals surface area contributed by atoms with Gasteiger partial charge in [0.1, 0.15) is 0 Å². The molecule has 1 N–H and O–H groups in total. The molecular weight excluding hydrogens is 549 g/mol. The van der Waals surface area contributed by atoms with Gasteiger partial charge in [0.05, 0.1) is 6.61 Å². The fourth-order valence-electron chi connectivity index (χ4n) is 5.90. The van der Waals surface area contributed by atoms with E-state index >= 15 is 0 Å². The third-order valence-corrected chi connectivity index (χ3v) is 9.53. The fourth-order valence-corrected chi connectivity index (χ4v) is 6.58. The summed E-state index contributed by atoms with van der Waals surface area (Å²) < 4.78 is 22.5. The van der Waals surface area contributed by atoms with Crippen molar-refractivity contribution in [2.24, 2.45) is 0 Å². The van der Waals surface area contributed by atoms with E-state index in [2.05, 4.69) is 12.2 Å². The van der Waals surface area contributed by atoms with E-state index in [0.717, 1.165) is 12.8 Å². The van der Waals surface area contributed by atoms with Crippen LogP contribution in [0.4, 0.5) is 0 Å². The number of hydrogen-bond donors (Lipinski definition) is 1. The molecule has 0 radical (unpaired) electrons. The van der Waals surface area contributed by atoms with Crippen LogP contribution in [0.2, 0.25) is 0 Å². The third-order valence-electron chi connectivity index (χ3n) is 8.70. The van der Waals surface area contributed by atoms with Gasteiger partial charge in [0.2, 0.25) is 0 Å². The Labute approximate surface area is 269 Å². The molecule has 43 heavy (non-hydrogen) atoms. The minimum atomic E-state index is -2.48. The second kappa shape index (κ2) is 33.9. The zero-order valence-electron chi connectivity index (χ0n) is 28.5. The first-order valence-corrected chi connectivity index (χ1v) is 20.2. The number of allylic oxidation sites excluding steroid dienone is 4. The Kier molecular flexibility index (Phi) is 31.6. The molecule has 0 aromatic carbocycles. The molecule has 1 rings (SSSR count). The summed E-state index contributed by atoms with van der Waals surface area (Å²) in [5, 5.41) is 2.93. The van der Waals surface area contributed by atoms with Gasteiger partial charge in [-0.1, -0.05) is 205 Å². The van der Waals surface area contributed by atoms with E-state index in [0.29, 0.717) is 12.5 Å². The van der Waals surface area contributed by atoms with Gasteiger partial charge in [0, 0.05) is 6.20 Å². The minimum Gasteiger partial charge on any atom is -0.410 e. The summed E-state index contributed by atoms with van der Waals surface area (Å²) >= 11 is 0. The molecule has 0 bridgehead atoms. The second-order valence-corrected chi connectivity index (χ2v) is 13.9. The lowest BCUT2D eigenvalue weighted by Gasteiger charge is -2.09. The summed E-state index contributed by atoms with van der Waals surface area (Å²) in [6.45, 7) is 2.81.